The third-order valence-corrected chi connectivity index (χ3v) is 12.8. The van der Waals surface area contributed by atoms with Crippen molar-refractivity contribution in [1.82, 2.24) is 0 Å². The van der Waals surface area contributed by atoms with E-state index in [-0.39, 0.29) is 37.5 Å². The Labute approximate surface area is 408 Å². The van der Waals surface area contributed by atoms with E-state index in [0.29, 0.717) is 105 Å². The molecule has 5 aromatic carbocycles. The zero-order valence-corrected chi connectivity index (χ0v) is 40.3. The van der Waals surface area contributed by atoms with Crippen LogP contribution in [0.3, 0.4) is 0 Å². The summed E-state index contributed by atoms with van der Waals surface area (Å²) in [6.07, 6.45) is 1.91. The largest absolute Gasteiger partial charge is 0.493 e. The zero-order valence-electron chi connectivity index (χ0n) is 40.3. The highest BCUT2D eigenvalue weighted by Crippen LogP contribution is 2.43. The minimum Gasteiger partial charge on any atom is -0.493 e. The molecule has 0 aromatic heterocycles. The molecule has 16 nitrogen and oxygen atoms in total. The third kappa shape index (κ3) is 11.1. The molecule has 3 aliphatic heterocycles. The van der Waals surface area contributed by atoms with Gasteiger partial charge in [0.15, 0.2) is 23.0 Å². The predicted molar refractivity (Wildman–Crippen MR) is 269 cm³/mol. The number of carboxylic acids is 1. The van der Waals surface area contributed by atoms with E-state index in [1.54, 1.807) is 37.3 Å². The number of anilines is 4. The molecule has 16 heteroatoms. The number of carboxylic acid groups (broad SMARTS) is 1. The molecule has 0 aliphatic carbocycles. The van der Waals surface area contributed by atoms with Crippen molar-refractivity contribution in [3.05, 3.63) is 124 Å². The van der Waals surface area contributed by atoms with Gasteiger partial charge in [-0.15, -0.1) is 0 Å². The van der Waals surface area contributed by atoms with Gasteiger partial charge in [-0.2, -0.15) is 0 Å². The number of hydrogen-bond donors (Lipinski definition) is 1. The summed E-state index contributed by atoms with van der Waals surface area (Å²) < 4.78 is 41.4. The lowest BCUT2D eigenvalue weighted by molar-refractivity contribution is -0.137. The Hall–Kier alpha value is -7.14. The number of carbonyl (C=O) groups is 3. The van der Waals surface area contributed by atoms with Gasteiger partial charge < -0.3 is 57.9 Å². The smallest absolute Gasteiger partial charge is 0.303 e. The fraction of sp³-hybridized carbons (Fsp3) is 0.370. The number of hydrogen-bond acceptors (Lipinski definition) is 13. The SMILES string of the molecule is C=Nc1cc(OCc2cc(COc3cc4c(cc3OC)C(=O)N3c5ccccc5C[C@H]3CN4C)cc(N(CCCC(=O)O)CCOCCOCCOC)c2)c(OC)cc1C(=O)N1CCc2ccccc21. The lowest BCUT2D eigenvalue weighted by Gasteiger charge is -2.26. The minimum atomic E-state index is -0.881. The first kappa shape index (κ1) is 49.3. The summed E-state index contributed by atoms with van der Waals surface area (Å²) in [5, 5.41) is 9.57. The Kier molecular flexibility index (Phi) is 16.2. The number of ether oxygens (including phenoxy) is 7. The van der Waals surface area contributed by atoms with Crippen molar-refractivity contribution in [3.63, 3.8) is 0 Å². The average Bonchev–Trinajstić information content (AvgIpc) is 3.95. The summed E-state index contributed by atoms with van der Waals surface area (Å²) in [5.74, 6) is 0.414. The number of amides is 2. The molecule has 0 fully saturated rings. The lowest BCUT2D eigenvalue weighted by atomic mass is 10.1. The summed E-state index contributed by atoms with van der Waals surface area (Å²) in [6.45, 7) is 8.16. The Morgan fingerprint density at radius 3 is 2.11 bits per heavy atom. The first-order chi connectivity index (χ1) is 34.1. The van der Waals surface area contributed by atoms with E-state index in [1.165, 1.54) is 7.11 Å². The number of rotatable bonds is 24. The van der Waals surface area contributed by atoms with Crippen molar-refractivity contribution in [2.24, 2.45) is 4.99 Å². The van der Waals surface area contributed by atoms with Crippen LogP contribution in [0.5, 0.6) is 23.0 Å². The molecule has 1 N–H and O–H groups in total. The molecule has 0 radical (unpaired) electrons. The van der Waals surface area contributed by atoms with Gasteiger partial charge in [-0.05, 0) is 90.7 Å². The van der Waals surface area contributed by atoms with Gasteiger partial charge in [0, 0.05) is 76.0 Å². The van der Waals surface area contributed by atoms with Crippen LogP contribution in [0.15, 0.2) is 96.0 Å². The van der Waals surface area contributed by atoms with E-state index in [4.69, 9.17) is 33.2 Å². The summed E-state index contributed by atoms with van der Waals surface area (Å²) in [4.78, 5) is 52.0. The number of carbonyl (C=O) groups excluding carboxylic acids is 2. The van der Waals surface area contributed by atoms with Gasteiger partial charge in [-0.1, -0.05) is 36.4 Å². The van der Waals surface area contributed by atoms with E-state index < -0.39 is 5.97 Å². The molecule has 0 saturated carbocycles. The normalized spacial score (nSPS) is 14.6. The van der Waals surface area contributed by atoms with Crippen LogP contribution in [-0.2, 0) is 45.1 Å². The van der Waals surface area contributed by atoms with Crippen molar-refractivity contribution < 1.29 is 52.6 Å². The van der Waals surface area contributed by atoms with Crippen LogP contribution < -0.4 is 38.5 Å². The predicted octanol–water partition coefficient (Wildman–Crippen LogP) is 7.77. The standard InChI is InChI=1S/C54H61N5O11/c1-55-44-31-50(48(65-4)29-42(44)53(62)58-18-16-38-11-6-8-13-45(38)58)69-34-36-25-37(27-40(26-36)57(17-10-15-52(60)61)19-20-67-23-24-68-22-21-64-3)35-70-51-32-47-43(30-49(51)66-5)54(63)59-41(33-56(47)2)28-39-12-7-9-14-46(39)59/h6-9,11-14,25-27,29-32,41H,1,10,15-24,28,33-35H2,2-5H3,(H,60,61)/t41-/m0/s1. The second kappa shape index (κ2) is 23.0. The Balaban J connectivity index is 1.07. The highest BCUT2D eigenvalue weighted by atomic mass is 16.5. The van der Waals surface area contributed by atoms with Gasteiger partial charge in [0.25, 0.3) is 11.8 Å². The third-order valence-electron chi connectivity index (χ3n) is 12.8. The van der Waals surface area contributed by atoms with Gasteiger partial charge in [0.05, 0.1) is 75.8 Å². The van der Waals surface area contributed by atoms with Crippen molar-refractivity contribution in [3.8, 4) is 23.0 Å². The van der Waals surface area contributed by atoms with Gasteiger partial charge in [0.2, 0.25) is 0 Å². The van der Waals surface area contributed by atoms with E-state index in [0.717, 1.165) is 57.8 Å². The van der Waals surface area contributed by atoms with Crippen molar-refractivity contribution in [2.45, 2.75) is 44.9 Å². The molecule has 2 amide bonds. The van der Waals surface area contributed by atoms with Gasteiger partial charge in [0.1, 0.15) is 13.2 Å². The molecule has 3 heterocycles. The number of fused-ring (bicyclic) bond motifs is 5. The maximum Gasteiger partial charge on any atom is 0.303 e. The van der Waals surface area contributed by atoms with E-state index >= 15 is 0 Å². The summed E-state index contributed by atoms with van der Waals surface area (Å²) in [5.41, 5.74) is 8.38. The van der Waals surface area contributed by atoms with Crippen LogP contribution in [0.2, 0.25) is 0 Å². The second-order valence-electron chi connectivity index (χ2n) is 17.4. The Bertz CT molecular complexity index is 2690. The maximum atomic E-state index is 14.3. The molecule has 5 aromatic rings. The van der Waals surface area contributed by atoms with Crippen molar-refractivity contribution >= 4 is 52.9 Å². The summed E-state index contributed by atoms with van der Waals surface area (Å²) >= 11 is 0. The number of para-hydroxylation sites is 2. The quantitative estimate of drug-likeness (QED) is 0.0472. The molecule has 3 aliphatic rings. The lowest BCUT2D eigenvalue weighted by Crippen LogP contribution is -2.41. The van der Waals surface area contributed by atoms with Crippen LogP contribution >= 0.6 is 0 Å². The monoisotopic (exact) mass is 955 g/mol. The van der Waals surface area contributed by atoms with Crippen LogP contribution in [0.1, 0.15) is 55.8 Å². The number of aliphatic carboxylic acids is 1. The average molecular weight is 956 g/mol. The number of likely N-dealkylation sites (N-methyl/N-ethyl adjacent to an activating group) is 1. The fourth-order valence-electron chi connectivity index (χ4n) is 9.40. The Morgan fingerprint density at radius 1 is 0.757 bits per heavy atom. The Morgan fingerprint density at radius 2 is 1.41 bits per heavy atom. The van der Waals surface area contributed by atoms with Crippen LogP contribution in [-0.4, -0.2) is 123 Å². The van der Waals surface area contributed by atoms with E-state index in [2.05, 4.69) is 27.6 Å². The second-order valence-corrected chi connectivity index (χ2v) is 17.4. The van der Waals surface area contributed by atoms with Crippen molar-refractivity contribution in [2.75, 3.05) is 107 Å². The first-order valence-corrected chi connectivity index (χ1v) is 23.5. The molecule has 70 heavy (non-hydrogen) atoms. The fourth-order valence-corrected chi connectivity index (χ4v) is 9.40. The molecule has 8 rings (SSSR count). The van der Waals surface area contributed by atoms with Crippen LogP contribution in [0.4, 0.5) is 28.4 Å². The molecule has 0 spiro atoms. The minimum absolute atomic E-state index is 0.00814. The molecule has 0 bridgehead atoms. The van der Waals surface area contributed by atoms with Crippen LogP contribution in [0.25, 0.3) is 0 Å². The van der Waals surface area contributed by atoms with Gasteiger partial charge in [-0.3, -0.25) is 19.4 Å². The highest BCUT2D eigenvalue weighted by Gasteiger charge is 2.39. The maximum absolute atomic E-state index is 14.3. The molecular formula is C54H61N5O11. The number of nitrogens with zero attached hydrogens (tertiary/aromatic N) is 5. The summed E-state index contributed by atoms with van der Waals surface area (Å²) in [7, 11) is 6.69. The number of benzene rings is 5. The van der Waals surface area contributed by atoms with E-state index in [9.17, 15) is 19.5 Å². The molecule has 1 atom stereocenters. The molecule has 368 valence electrons. The van der Waals surface area contributed by atoms with E-state index in [1.807, 2.05) is 78.7 Å². The molecule has 0 unspecified atom stereocenters. The summed E-state index contributed by atoms with van der Waals surface area (Å²) in [6, 6.07) is 28.8. The molecule has 0 saturated heterocycles. The topological polar surface area (TPSA) is 161 Å². The zero-order chi connectivity index (χ0) is 49.1. The highest BCUT2D eigenvalue weighted by molar-refractivity contribution is 6.13. The van der Waals surface area contributed by atoms with Crippen molar-refractivity contribution in [1.29, 1.82) is 0 Å². The van der Waals surface area contributed by atoms with Gasteiger partial charge >= 0.3 is 5.97 Å². The van der Waals surface area contributed by atoms with Crippen LogP contribution in [0, 0.1) is 0 Å². The number of methoxy groups -OCH3 is 3. The first-order valence-electron chi connectivity index (χ1n) is 23.5. The molecular weight excluding hydrogens is 895 g/mol. The van der Waals surface area contributed by atoms with Gasteiger partial charge in [-0.25, -0.2) is 0 Å². The number of aliphatic imine (C=N–C) groups is 1.